The first-order valence-electron chi connectivity index (χ1n) is 12.6. The van der Waals surface area contributed by atoms with E-state index >= 15 is 0 Å². The number of benzene rings is 1. The van der Waals surface area contributed by atoms with Gasteiger partial charge in [-0.05, 0) is 68.9 Å². The second kappa shape index (κ2) is 8.63. The van der Waals surface area contributed by atoms with Crippen LogP contribution in [0.1, 0.15) is 58.3 Å². The van der Waals surface area contributed by atoms with E-state index in [1.807, 2.05) is 13.8 Å². The van der Waals surface area contributed by atoms with Gasteiger partial charge in [-0.25, -0.2) is 4.79 Å². The number of nitrogens with zero attached hydrogens (tertiary/aromatic N) is 1. The van der Waals surface area contributed by atoms with Crippen molar-refractivity contribution in [3.63, 3.8) is 0 Å². The molecule has 0 spiro atoms. The monoisotopic (exact) mass is 520 g/mol. The number of fused-ring (bicyclic) bond motifs is 6. The van der Waals surface area contributed by atoms with E-state index in [4.69, 9.17) is 9.47 Å². The molecule has 9 heteroatoms. The maximum Gasteiger partial charge on any atom is 0.341 e. The molecule has 4 atom stereocenters. The van der Waals surface area contributed by atoms with Crippen molar-refractivity contribution in [1.29, 1.82) is 0 Å². The molecule has 6 rings (SSSR count). The fraction of sp³-hybridized carbons (Fsp3) is 0.429. The second-order valence-electron chi connectivity index (χ2n) is 10.7. The number of carbonyl (C=O) groups is 4. The average Bonchev–Trinajstić information content (AvgIpc) is 3.61. The summed E-state index contributed by atoms with van der Waals surface area (Å²) in [5.41, 5.74) is 1.63. The summed E-state index contributed by atoms with van der Waals surface area (Å²) in [5.74, 6) is -1.44. The van der Waals surface area contributed by atoms with Crippen molar-refractivity contribution in [2.24, 2.45) is 23.7 Å². The van der Waals surface area contributed by atoms with E-state index in [9.17, 15) is 19.2 Å². The number of carbonyl (C=O) groups excluding carboxylic acids is 4. The van der Waals surface area contributed by atoms with E-state index in [0.717, 1.165) is 16.9 Å². The molecule has 3 heterocycles. The van der Waals surface area contributed by atoms with Crippen LogP contribution in [0.3, 0.4) is 0 Å². The molecule has 0 unspecified atom stereocenters. The van der Waals surface area contributed by atoms with Crippen LogP contribution in [0.15, 0.2) is 36.4 Å². The first kappa shape index (κ1) is 24.1. The number of thiophene rings is 1. The first-order valence-corrected chi connectivity index (χ1v) is 13.4. The van der Waals surface area contributed by atoms with Gasteiger partial charge in [0.15, 0.2) is 0 Å². The number of anilines is 2. The fourth-order valence-corrected chi connectivity index (χ4v) is 7.27. The largest absolute Gasteiger partial charge is 0.462 e. The van der Waals surface area contributed by atoms with Crippen molar-refractivity contribution >= 4 is 45.7 Å². The van der Waals surface area contributed by atoms with Gasteiger partial charge in [-0.15, -0.1) is 11.3 Å². The summed E-state index contributed by atoms with van der Waals surface area (Å²) in [7, 11) is 0. The van der Waals surface area contributed by atoms with Gasteiger partial charge in [0.2, 0.25) is 11.8 Å². The van der Waals surface area contributed by atoms with Crippen molar-refractivity contribution in [2.75, 3.05) is 16.8 Å². The summed E-state index contributed by atoms with van der Waals surface area (Å²) < 4.78 is 11.2. The molecule has 8 nitrogen and oxygen atoms in total. The summed E-state index contributed by atoms with van der Waals surface area (Å²) in [6.45, 7) is 6.26. The summed E-state index contributed by atoms with van der Waals surface area (Å²) in [6, 6.07) is 6.44. The van der Waals surface area contributed by atoms with Crippen molar-refractivity contribution in [2.45, 2.75) is 45.8 Å². The average molecular weight is 521 g/mol. The molecule has 1 aromatic carbocycles. The maximum absolute atomic E-state index is 13.2. The Balaban J connectivity index is 1.23. The topological polar surface area (TPSA) is 102 Å². The van der Waals surface area contributed by atoms with Crippen LogP contribution in [0.5, 0.6) is 0 Å². The lowest BCUT2D eigenvalue weighted by Crippen LogP contribution is -2.32. The van der Waals surface area contributed by atoms with Gasteiger partial charge < -0.3 is 14.8 Å². The second-order valence-corrected chi connectivity index (χ2v) is 11.8. The summed E-state index contributed by atoms with van der Waals surface area (Å²) >= 11 is 1.32. The highest BCUT2D eigenvalue weighted by molar-refractivity contribution is 7.17. The number of amides is 3. The summed E-state index contributed by atoms with van der Waals surface area (Å²) in [5, 5.41) is 3.31. The molecule has 2 aliphatic carbocycles. The molecule has 2 aromatic rings. The normalized spacial score (nSPS) is 26.8. The Morgan fingerprint density at radius 3 is 2.38 bits per heavy atom. The third kappa shape index (κ3) is 3.83. The van der Waals surface area contributed by atoms with Crippen LogP contribution >= 0.6 is 11.3 Å². The minimum atomic E-state index is -0.469. The van der Waals surface area contributed by atoms with Crippen LogP contribution in [0.2, 0.25) is 0 Å². The van der Waals surface area contributed by atoms with Crippen LogP contribution in [-0.2, 0) is 32.1 Å². The highest BCUT2D eigenvalue weighted by Crippen LogP contribution is 2.53. The van der Waals surface area contributed by atoms with Crippen LogP contribution in [-0.4, -0.2) is 35.9 Å². The smallest absolute Gasteiger partial charge is 0.341 e. The third-order valence-electron chi connectivity index (χ3n) is 7.85. The number of imide groups is 1. The number of nitrogens with one attached hydrogen (secondary N) is 1. The van der Waals surface area contributed by atoms with Crippen molar-refractivity contribution in [1.82, 2.24) is 0 Å². The molecule has 2 aliphatic heterocycles. The van der Waals surface area contributed by atoms with E-state index in [-0.39, 0.29) is 42.1 Å². The Kier molecular flexibility index (Phi) is 5.61. The van der Waals surface area contributed by atoms with E-state index in [2.05, 4.69) is 17.5 Å². The van der Waals surface area contributed by atoms with Gasteiger partial charge in [0.25, 0.3) is 5.91 Å². The molecule has 1 saturated carbocycles. The van der Waals surface area contributed by atoms with E-state index in [1.165, 1.54) is 16.2 Å². The lowest BCUT2D eigenvalue weighted by Gasteiger charge is -2.30. The lowest BCUT2D eigenvalue weighted by atomic mass is 9.85. The van der Waals surface area contributed by atoms with Crippen LogP contribution in [0, 0.1) is 23.7 Å². The number of hydrogen-bond acceptors (Lipinski definition) is 7. The van der Waals surface area contributed by atoms with Crippen molar-refractivity contribution < 1.29 is 28.7 Å². The van der Waals surface area contributed by atoms with Crippen molar-refractivity contribution in [3.8, 4) is 0 Å². The first-order chi connectivity index (χ1) is 17.7. The van der Waals surface area contributed by atoms with Gasteiger partial charge >= 0.3 is 5.97 Å². The van der Waals surface area contributed by atoms with Gasteiger partial charge in [-0.1, -0.05) is 12.2 Å². The molecule has 1 N–H and O–H groups in total. The Hall–Kier alpha value is -3.30. The number of esters is 1. The molecule has 1 saturated heterocycles. The predicted molar refractivity (Wildman–Crippen MR) is 137 cm³/mol. The minimum Gasteiger partial charge on any atom is -0.462 e. The lowest BCUT2D eigenvalue weighted by molar-refractivity contribution is -0.123. The quantitative estimate of drug-likeness (QED) is 0.358. The highest BCUT2D eigenvalue weighted by atomic mass is 32.1. The van der Waals surface area contributed by atoms with Gasteiger partial charge in [0.1, 0.15) is 5.00 Å². The summed E-state index contributed by atoms with van der Waals surface area (Å²) in [4.78, 5) is 54.3. The number of ether oxygens (including phenoxy) is 2. The minimum absolute atomic E-state index is 0.141. The molecular weight excluding hydrogens is 492 g/mol. The van der Waals surface area contributed by atoms with Crippen molar-refractivity contribution in [3.05, 3.63) is 58.0 Å². The SMILES string of the molecule is CCOC(=O)c1c(NC(=O)c2ccc(N3C(=O)[C@@H]4[C@@H](C3=O)[C@H]3C=C[C@H]4C3)cc2)sc2c1CC(C)(C)OC2. The Bertz CT molecular complexity index is 1330. The zero-order valence-corrected chi connectivity index (χ0v) is 21.7. The molecule has 3 amide bonds. The Morgan fingerprint density at radius 1 is 1.11 bits per heavy atom. The molecule has 4 aliphatic rings. The highest BCUT2D eigenvalue weighted by Gasteiger charge is 2.59. The molecule has 0 radical (unpaired) electrons. The van der Waals surface area contributed by atoms with Gasteiger partial charge in [0, 0.05) is 16.9 Å². The third-order valence-corrected chi connectivity index (χ3v) is 8.97. The van der Waals surface area contributed by atoms with Gasteiger partial charge in [-0.3, -0.25) is 19.3 Å². The Morgan fingerprint density at radius 2 is 1.76 bits per heavy atom. The van der Waals surface area contributed by atoms with Crippen LogP contribution in [0.25, 0.3) is 0 Å². The van der Waals surface area contributed by atoms with Gasteiger partial charge in [0.05, 0.1) is 41.9 Å². The molecule has 37 heavy (non-hydrogen) atoms. The van der Waals surface area contributed by atoms with E-state index in [0.29, 0.717) is 34.8 Å². The number of allylic oxidation sites excluding steroid dienone is 2. The molecular formula is C28H28N2O6S. The Labute approximate surface area is 218 Å². The standard InChI is InChI=1S/C28H28N2O6S/c1-4-35-27(34)22-18-12-28(2,3)36-13-19(18)37-24(22)29-23(31)14-7-9-17(10-8-14)30-25(32)20-15-5-6-16(11-15)21(20)26(30)33/h5-10,15-16,20-21H,4,11-13H2,1-3H3,(H,29,31)/t15-,16-,20-,21-/m0/s1. The number of hydrogen-bond donors (Lipinski definition) is 1. The predicted octanol–water partition coefficient (Wildman–Crippen LogP) is 4.34. The van der Waals surface area contributed by atoms with E-state index in [1.54, 1.807) is 31.2 Å². The van der Waals surface area contributed by atoms with Crippen LogP contribution < -0.4 is 10.2 Å². The molecule has 2 fully saturated rings. The zero-order valence-electron chi connectivity index (χ0n) is 20.9. The molecule has 1 aromatic heterocycles. The fourth-order valence-electron chi connectivity index (χ4n) is 6.15. The molecule has 192 valence electrons. The van der Waals surface area contributed by atoms with Gasteiger partial charge in [-0.2, -0.15) is 0 Å². The molecule has 2 bridgehead atoms. The van der Waals surface area contributed by atoms with E-state index < -0.39 is 17.5 Å². The zero-order chi connectivity index (χ0) is 26.1. The number of rotatable bonds is 5. The van der Waals surface area contributed by atoms with Crippen LogP contribution in [0.4, 0.5) is 10.7 Å². The summed E-state index contributed by atoms with van der Waals surface area (Å²) in [6.07, 6.45) is 5.54. The maximum atomic E-state index is 13.2.